The maximum absolute atomic E-state index is 8.92. The first kappa shape index (κ1) is 8.92. The minimum Gasteiger partial charge on any atom is -0.393 e. The van der Waals surface area contributed by atoms with Crippen LogP contribution in [0, 0.1) is 5.92 Å². The zero-order valence-electron chi connectivity index (χ0n) is 6.52. The van der Waals surface area contributed by atoms with Gasteiger partial charge in [-0.2, -0.15) is 0 Å². The maximum Gasteiger partial charge on any atom is 0.0515 e. The number of hydrogen-bond donors (Lipinski definition) is 2. The van der Waals surface area contributed by atoms with E-state index in [0.717, 1.165) is 13.0 Å². The predicted molar refractivity (Wildman–Crippen MR) is 39.4 cm³/mol. The van der Waals surface area contributed by atoms with Gasteiger partial charge in [-0.3, -0.25) is 0 Å². The Hall–Kier alpha value is -0.0800. The highest BCUT2D eigenvalue weighted by molar-refractivity contribution is 4.57. The molecular formula is C7H17NO. The monoisotopic (exact) mass is 131 g/mol. The summed E-state index contributed by atoms with van der Waals surface area (Å²) in [6.07, 6.45) is 0.731. The molecule has 0 aliphatic rings. The molecule has 0 fully saturated rings. The fraction of sp³-hybridized carbons (Fsp3) is 1.00. The lowest BCUT2D eigenvalue weighted by Crippen LogP contribution is -2.19. The van der Waals surface area contributed by atoms with Crippen LogP contribution in [0.15, 0.2) is 0 Å². The van der Waals surface area contributed by atoms with E-state index in [1.54, 1.807) is 0 Å². The molecule has 2 nitrogen and oxygen atoms in total. The Balaban J connectivity index is 3.15. The van der Waals surface area contributed by atoms with Crippen LogP contribution in [-0.2, 0) is 0 Å². The van der Waals surface area contributed by atoms with Crippen LogP contribution in [0.25, 0.3) is 0 Å². The van der Waals surface area contributed by atoms with Crippen LogP contribution in [0.3, 0.4) is 0 Å². The maximum atomic E-state index is 8.92. The predicted octanol–water partition coefficient (Wildman–Crippen LogP) is 0.613. The van der Waals surface area contributed by atoms with Gasteiger partial charge in [0.2, 0.25) is 0 Å². The van der Waals surface area contributed by atoms with E-state index >= 15 is 0 Å². The van der Waals surface area contributed by atoms with Crippen LogP contribution < -0.4 is 5.32 Å². The van der Waals surface area contributed by atoms with Crippen molar-refractivity contribution >= 4 is 0 Å². The standard InChI is InChI=1S/C7H17NO/c1-6(5-8-3)4-7(2)9/h6-9H,4-5H2,1-3H3. The Labute approximate surface area is 57.3 Å². The SMILES string of the molecule is CNCC(C)CC(C)O. The minimum absolute atomic E-state index is 0.159. The molecule has 0 aliphatic heterocycles. The lowest BCUT2D eigenvalue weighted by Gasteiger charge is -2.11. The van der Waals surface area contributed by atoms with Crippen molar-refractivity contribution in [3.63, 3.8) is 0 Å². The van der Waals surface area contributed by atoms with Crippen LogP contribution >= 0.6 is 0 Å². The van der Waals surface area contributed by atoms with Crippen molar-refractivity contribution in [3.8, 4) is 0 Å². The average Bonchev–Trinajstić information content (AvgIpc) is 1.63. The molecule has 0 bridgehead atoms. The van der Waals surface area contributed by atoms with Crippen molar-refractivity contribution in [1.82, 2.24) is 5.32 Å². The van der Waals surface area contributed by atoms with E-state index in [9.17, 15) is 0 Å². The Morgan fingerprint density at radius 2 is 2.00 bits per heavy atom. The van der Waals surface area contributed by atoms with Gasteiger partial charge in [-0.05, 0) is 32.9 Å². The third-order valence-electron chi connectivity index (χ3n) is 1.30. The molecule has 9 heavy (non-hydrogen) atoms. The number of nitrogens with one attached hydrogen (secondary N) is 1. The van der Waals surface area contributed by atoms with Gasteiger partial charge in [0.25, 0.3) is 0 Å². The molecule has 0 aliphatic carbocycles. The highest BCUT2D eigenvalue weighted by Gasteiger charge is 2.03. The van der Waals surface area contributed by atoms with E-state index in [0.29, 0.717) is 5.92 Å². The first-order chi connectivity index (χ1) is 4.16. The normalized spacial score (nSPS) is 17.3. The van der Waals surface area contributed by atoms with Crippen LogP contribution in [0.1, 0.15) is 20.3 Å². The molecule has 0 heterocycles. The third-order valence-corrected chi connectivity index (χ3v) is 1.30. The Morgan fingerprint density at radius 3 is 2.33 bits per heavy atom. The van der Waals surface area contributed by atoms with Crippen LogP contribution in [0.5, 0.6) is 0 Å². The molecule has 2 N–H and O–H groups in total. The molecule has 0 spiro atoms. The van der Waals surface area contributed by atoms with Crippen LogP contribution in [-0.4, -0.2) is 24.8 Å². The number of rotatable bonds is 4. The van der Waals surface area contributed by atoms with Gasteiger partial charge in [-0.15, -0.1) is 0 Å². The van der Waals surface area contributed by atoms with Crippen molar-refractivity contribution in [2.75, 3.05) is 13.6 Å². The highest BCUT2D eigenvalue weighted by atomic mass is 16.3. The first-order valence-corrected chi connectivity index (χ1v) is 3.49. The fourth-order valence-corrected chi connectivity index (χ4v) is 1.01. The Kier molecular flexibility index (Phi) is 4.72. The lowest BCUT2D eigenvalue weighted by molar-refractivity contribution is 0.164. The molecule has 0 aromatic heterocycles. The topological polar surface area (TPSA) is 32.3 Å². The molecule has 0 saturated carbocycles. The molecule has 0 amide bonds. The summed E-state index contributed by atoms with van der Waals surface area (Å²) in [6, 6.07) is 0. The van der Waals surface area contributed by atoms with Crippen molar-refractivity contribution < 1.29 is 5.11 Å². The van der Waals surface area contributed by atoms with Gasteiger partial charge in [-0.1, -0.05) is 6.92 Å². The summed E-state index contributed by atoms with van der Waals surface area (Å²) in [5.74, 6) is 0.579. The molecule has 2 unspecified atom stereocenters. The molecule has 56 valence electrons. The summed E-state index contributed by atoms with van der Waals surface area (Å²) in [5.41, 5.74) is 0. The Bertz CT molecular complexity index is 63.9. The van der Waals surface area contributed by atoms with Gasteiger partial charge in [0.15, 0.2) is 0 Å². The van der Waals surface area contributed by atoms with Gasteiger partial charge in [-0.25, -0.2) is 0 Å². The van der Waals surface area contributed by atoms with Crippen LogP contribution in [0.4, 0.5) is 0 Å². The quantitative estimate of drug-likeness (QED) is 0.586. The van der Waals surface area contributed by atoms with Crippen molar-refractivity contribution in [2.24, 2.45) is 5.92 Å². The average molecular weight is 131 g/mol. The van der Waals surface area contributed by atoms with Crippen molar-refractivity contribution in [1.29, 1.82) is 0 Å². The number of aliphatic hydroxyl groups is 1. The molecule has 0 saturated heterocycles. The summed E-state index contributed by atoms with van der Waals surface area (Å²) in [4.78, 5) is 0. The van der Waals surface area contributed by atoms with Gasteiger partial charge >= 0.3 is 0 Å². The number of hydrogen-bond acceptors (Lipinski definition) is 2. The van der Waals surface area contributed by atoms with Gasteiger partial charge < -0.3 is 10.4 Å². The fourth-order valence-electron chi connectivity index (χ4n) is 1.01. The second-order valence-electron chi connectivity index (χ2n) is 2.75. The van der Waals surface area contributed by atoms with E-state index in [1.165, 1.54) is 0 Å². The van der Waals surface area contributed by atoms with Crippen molar-refractivity contribution in [2.45, 2.75) is 26.4 Å². The van der Waals surface area contributed by atoms with E-state index in [2.05, 4.69) is 12.2 Å². The minimum atomic E-state index is -0.159. The van der Waals surface area contributed by atoms with Gasteiger partial charge in [0.05, 0.1) is 6.10 Å². The first-order valence-electron chi connectivity index (χ1n) is 3.49. The largest absolute Gasteiger partial charge is 0.393 e. The summed E-state index contributed by atoms with van der Waals surface area (Å²) in [6.45, 7) is 4.94. The molecule has 0 aromatic rings. The molecule has 0 rings (SSSR count). The third kappa shape index (κ3) is 5.80. The summed E-state index contributed by atoms with van der Waals surface area (Å²) in [7, 11) is 1.93. The Morgan fingerprint density at radius 1 is 1.44 bits per heavy atom. The molecule has 2 heteroatoms. The van der Waals surface area contributed by atoms with Gasteiger partial charge in [0.1, 0.15) is 0 Å². The van der Waals surface area contributed by atoms with E-state index in [1.807, 2.05) is 14.0 Å². The summed E-state index contributed by atoms with van der Waals surface area (Å²) in [5, 5.41) is 12.0. The summed E-state index contributed by atoms with van der Waals surface area (Å²) >= 11 is 0. The molecular weight excluding hydrogens is 114 g/mol. The van der Waals surface area contributed by atoms with Crippen LogP contribution in [0.2, 0.25) is 0 Å². The highest BCUT2D eigenvalue weighted by Crippen LogP contribution is 2.02. The molecule has 0 aromatic carbocycles. The van der Waals surface area contributed by atoms with E-state index in [4.69, 9.17) is 5.11 Å². The zero-order chi connectivity index (χ0) is 7.28. The van der Waals surface area contributed by atoms with E-state index < -0.39 is 0 Å². The lowest BCUT2D eigenvalue weighted by atomic mass is 10.1. The molecule has 0 radical (unpaired) electrons. The second-order valence-corrected chi connectivity index (χ2v) is 2.75. The van der Waals surface area contributed by atoms with Crippen molar-refractivity contribution in [3.05, 3.63) is 0 Å². The van der Waals surface area contributed by atoms with Gasteiger partial charge in [0, 0.05) is 0 Å². The zero-order valence-corrected chi connectivity index (χ0v) is 6.52. The summed E-state index contributed by atoms with van der Waals surface area (Å²) < 4.78 is 0. The second kappa shape index (κ2) is 4.77. The van der Waals surface area contributed by atoms with E-state index in [-0.39, 0.29) is 6.10 Å². The smallest absolute Gasteiger partial charge is 0.0515 e. The molecule has 2 atom stereocenters. The number of aliphatic hydroxyl groups excluding tert-OH is 1.